The van der Waals surface area contributed by atoms with Crippen molar-refractivity contribution in [2.75, 3.05) is 51.3 Å². The van der Waals surface area contributed by atoms with Crippen LogP contribution in [0.4, 0.5) is 10.2 Å². The van der Waals surface area contributed by atoms with Crippen LogP contribution in [0.1, 0.15) is 0 Å². The number of benzene rings is 1. The molecule has 0 amide bonds. The normalized spacial score (nSPS) is 15.1. The van der Waals surface area contributed by atoms with Gasteiger partial charge in [-0.1, -0.05) is 0 Å². The lowest BCUT2D eigenvalue weighted by molar-refractivity contribution is 0.144. The first kappa shape index (κ1) is 18.6. The first-order valence-electron chi connectivity index (χ1n) is 9.46. The zero-order chi connectivity index (χ0) is 19.3. The lowest BCUT2D eigenvalue weighted by atomic mass is 10.2. The zero-order valence-electron chi connectivity index (χ0n) is 15.9. The number of nitrogens with zero attached hydrogens (tertiary/aromatic N) is 4. The Hall–Kier alpha value is -2.77. The predicted octanol–water partition coefficient (Wildman–Crippen LogP) is 3.05. The van der Waals surface area contributed by atoms with Crippen LogP contribution >= 0.6 is 0 Å². The molecule has 0 unspecified atom stereocenters. The average molecular weight is 381 g/mol. The van der Waals surface area contributed by atoms with Gasteiger partial charge in [-0.25, -0.2) is 14.4 Å². The highest BCUT2D eigenvalue weighted by molar-refractivity contribution is 5.64. The highest BCUT2D eigenvalue weighted by atomic mass is 19.1. The third-order valence-electron chi connectivity index (χ3n) is 5.06. The Morgan fingerprint density at radius 3 is 2.39 bits per heavy atom. The molecule has 0 bridgehead atoms. The minimum Gasteiger partial charge on any atom is -0.383 e. The molecule has 146 valence electrons. The van der Waals surface area contributed by atoms with Gasteiger partial charge in [-0.15, -0.1) is 0 Å². The molecular weight excluding hydrogens is 357 g/mol. The quantitative estimate of drug-likeness (QED) is 0.711. The lowest BCUT2D eigenvalue weighted by Gasteiger charge is -2.35. The van der Waals surface area contributed by atoms with Crippen molar-refractivity contribution in [3.05, 3.63) is 54.6 Å². The number of pyridine rings is 1. The Labute approximate surface area is 164 Å². The van der Waals surface area contributed by atoms with Gasteiger partial charge in [0, 0.05) is 51.6 Å². The number of hydrogen-bond acceptors (Lipinski definition) is 5. The fourth-order valence-corrected chi connectivity index (χ4v) is 3.38. The summed E-state index contributed by atoms with van der Waals surface area (Å²) in [6, 6.07) is 10.4. The van der Waals surface area contributed by atoms with E-state index in [1.165, 1.54) is 12.1 Å². The van der Waals surface area contributed by atoms with Crippen LogP contribution in [0, 0.1) is 5.82 Å². The van der Waals surface area contributed by atoms with E-state index in [1.807, 2.05) is 18.3 Å². The molecule has 1 aliphatic rings. The monoisotopic (exact) mass is 381 g/mol. The van der Waals surface area contributed by atoms with E-state index in [2.05, 4.69) is 24.8 Å². The van der Waals surface area contributed by atoms with Gasteiger partial charge in [0.15, 0.2) is 0 Å². The fraction of sp³-hybridized carbons (Fsp3) is 0.333. The van der Waals surface area contributed by atoms with E-state index in [0.717, 1.165) is 67.8 Å². The van der Waals surface area contributed by atoms with Gasteiger partial charge in [-0.05, 0) is 42.0 Å². The van der Waals surface area contributed by atoms with Crippen molar-refractivity contribution >= 4 is 5.82 Å². The van der Waals surface area contributed by atoms with Crippen LogP contribution in [0.2, 0.25) is 0 Å². The molecule has 2 aromatic heterocycles. The maximum Gasteiger partial charge on any atom is 0.139 e. The van der Waals surface area contributed by atoms with Gasteiger partial charge in [0.2, 0.25) is 0 Å². The van der Waals surface area contributed by atoms with E-state index < -0.39 is 0 Å². The van der Waals surface area contributed by atoms with Crippen LogP contribution < -0.4 is 4.90 Å². The molecule has 0 atom stereocenters. The van der Waals surface area contributed by atoms with Crippen LogP contribution in [0.3, 0.4) is 0 Å². The summed E-state index contributed by atoms with van der Waals surface area (Å²) in [5.41, 5.74) is 2.68. The molecule has 1 saturated heterocycles. The number of rotatable bonds is 6. The van der Waals surface area contributed by atoms with Gasteiger partial charge in [0.1, 0.15) is 17.5 Å². The van der Waals surface area contributed by atoms with Crippen LogP contribution in [0.5, 0.6) is 0 Å². The number of methoxy groups -OCH3 is 1. The number of H-pyrrole nitrogens is 1. The summed E-state index contributed by atoms with van der Waals surface area (Å²) in [5.74, 6) is 1.49. The van der Waals surface area contributed by atoms with Crippen molar-refractivity contribution in [1.29, 1.82) is 0 Å². The summed E-state index contributed by atoms with van der Waals surface area (Å²) < 4.78 is 18.2. The minimum atomic E-state index is -0.247. The number of nitrogens with one attached hydrogen (secondary N) is 1. The molecule has 0 radical (unpaired) electrons. The third-order valence-corrected chi connectivity index (χ3v) is 5.06. The van der Waals surface area contributed by atoms with E-state index in [4.69, 9.17) is 4.74 Å². The Bertz CT molecular complexity index is 886. The number of halogens is 1. The van der Waals surface area contributed by atoms with E-state index in [-0.39, 0.29) is 5.82 Å². The standard InChI is InChI=1S/C21H24FN5O/c1-28-13-12-26-8-10-27(11-9-26)20-7-4-17(14-23-20)21-24-15-19(25-21)16-2-5-18(22)6-3-16/h2-7,14-15H,8-13H2,1H3,(H,24,25). The molecule has 6 nitrogen and oxygen atoms in total. The van der Waals surface area contributed by atoms with Crippen molar-refractivity contribution in [3.8, 4) is 22.6 Å². The van der Waals surface area contributed by atoms with Crippen molar-refractivity contribution in [2.24, 2.45) is 0 Å². The average Bonchev–Trinajstić information content (AvgIpc) is 3.23. The molecule has 7 heteroatoms. The Morgan fingerprint density at radius 2 is 1.71 bits per heavy atom. The van der Waals surface area contributed by atoms with Crippen molar-refractivity contribution in [3.63, 3.8) is 0 Å². The minimum absolute atomic E-state index is 0.247. The molecule has 0 spiro atoms. The molecule has 0 aliphatic carbocycles. The Morgan fingerprint density at radius 1 is 0.964 bits per heavy atom. The topological polar surface area (TPSA) is 57.3 Å². The first-order valence-corrected chi connectivity index (χ1v) is 9.46. The molecular formula is C21H24FN5O. The van der Waals surface area contributed by atoms with Gasteiger partial charge >= 0.3 is 0 Å². The summed E-state index contributed by atoms with van der Waals surface area (Å²) in [6.45, 7) is 5.72. The molecule has 1 aliphatic heterocycles. The number of piperazine rings is 1. The highest BCUT2D eigenvalue weighted by Crippen LogP contribution is 2.23. The van der Waals surface area contributed by atoms with Crippen LogP contribution in [0.25, 0.3) is 22.6 Å². The van der Waals surface area contributed by atoms with E-state index in [0.29, 0.717) is 0 Å². The van der Waals surface area contributed by atoms with Crippen molar-refractivity contribution < 1.29 is 9.13 Å². The number of anilines is 1. The molecule has 1 fully saturated rings. The second-order valence-corrected chi connectivity index (χ2v) is 6.88. The van der Waals surface area contributed by atoms with Crippen LogP contribution in [-0.2, 0) is 4.74 Å². The van der Waals surface area contributed by atoms with Crippen LogP contribution in [0.15, 0.2) is 48.8 Å². The summed E-state index contributed by atoms with van der Waals surface area (Å²) >= 11 is 0. The van der Waals surface area contributed by atoms with Crippen molar-refractivity contribution in [2.45, 2.75) is 0 Å². The number of hydrogen-bond donors (Lipinski definition) is 1. The zero-order valence-corrected chi connectivity index (χ0v) is 15.9. The van der Waals surface area contributed by atoms with Gasteiger partial charge in [0.25, 0.3) is 0 Å². The summed E-state index contributed by atoms with van der Waals surface area (Å²) in [6.07, 6.45) is 3.61. The summed E-state index contributed by atoms with van der Waals surface area (Å²) in [7, 11) is 1.74. The Kier molecular flexibility index (Phi) is 5.64. The molecule has 28 heavy (non-hydrogen) atoms. The van der Waals surface area contributed by atoms with Gasteiger partial charge in [0.05, 0.1) is 18.5 Å². The number of aromatic amines is 1. The maximum atomic E-state index is 13.1. The number of aromatic nitrogens is 3. The SMILES string of the molecule is COCCN1CCN(c2ccc(-c3ncc(-c4ccc(F)cc4)[nH]3)cn2)CC1. The molecule has 1 aromatic carbocycles. The van der Waals surface area contributed by atoms with Crippen molar-refractivity contribution in [1.82, 2.24) is 19.9 Å². The number of ether oxygens (including phenoxy) is 1. The molecule has 3 aromatic rings. The summed E-state index contributed by atoms with van der Waals surface area (Å²) in [5, 5.41) is 0. The smallest absolute Gasteiger partial charge is 0.139 e. The number of imidazole rings is 1. The largest absolute Gasteiger partial charge is 0.383 e. The lowest BCUT2D eigenvalue weighted by Crippen LogP contribution is -2.47. The van der Waals surface area contributed by atoms with E-state index >= 15 is 0 Å². The third kappa shape index (κ3) is 4.21. The highest BCUT2D eigenvalue weighted by Gasteiger charge is 2.17. The first-order chi connectivity index (χ1) is 13.7. The second kappa shape index (κ2) is 8.50. The molecule has 0 saturated carbocycles. The molecule has 3 heterocycles. The summed E-state index contributed by atoms with van der Waals surface area (Å²) in [4.78, 5) is 17.1. The second-order valence-electron chi connectivity index (χ2n) is 6.88. The van der Waals surface area contributed by atoms with Crippen LogP contribution in [-0.4, -0.2) is 66.3 Å². The predicted molar refractivity (Wildman–Crippen MR) is 108 cm³/mol. The van der Waals surface area contributed by atoms with E-state index in [1.54, 1.807) is 25.4 Å². The van der Waals surface area contributed by atoms with Gasteiger partial charge in [-0.2, -0.15) is 0 Å². The Balaban J connectivity index is 1.41. The van der Waals surface area contributed by atoms with Gasteiger partial charge < -0.3 is 14.6 Å². The molecule has 4 rings (SSSR count). The van der Waals surface area contributed by atoms with E-state index in [9.17, 15) is 4.39 Å². The van der Waals surface area contributed by atoms with Gasteiger partial charge in [-0.3, -0.25) is 4.90 Å². The fourth-order valence-electron chi connectivity index (χ4n) is 3.38. The maximum absolute atomic E-state index is 13.1. The molecule has 1 N–H and O–H groups in total.